The lowest BCUT2D eigenvalue weighted by atomic mass is 9.86. The second-order valence-electron chi connectivity index (χ2n) is 29.9. The van der Waals surface area contributed by atoms with E-state index < -0.39 is 99.5 Å². The van der Waals surface area contributed by atoms with E-state index in [0.29, 0.717) is 0 Å². The molecular formula is C76H94O13. The van der Waals surface area contributed by atoms with Gasteiger partial charge < -0.3 is 33.2 Å². The first-order valence-electron chi connectivity index (χ1n) is 30.5. The predicted molar refractivity (Wildman–Crippen MR) is 348 cm³/mol. The van der Waals surface area contributed by atoms with Crippen LogP contribution in [-0.4, -0.2) is 88.7 Å². The molecule has 89 heavy (non-hydrogen) atoms. The minimum atomic E-state index is -1.67. The molecule has 0 aliphatic rings. The van der Waals surface area contributed by atoms with Gasteiger partial charge in [0.2, 0.25) is 0 Å². The first-order chi connectivity index (χ1) is 41.3. The zero-order valence-corrected chi connectivity index (χ0v) is 55.8. The fraction of sp³-hybridized carbons (Fsp3) is 0.447. The second kappa shape index (κ2) is 28.3. The summed E-state index contributed by atoms with van der Waals surface area (Å²) in [6.07, 6.45) is 0. The molecule has 13 nitrogen and oxygen atoms in total. The number of hydrogen-bond acceptors (Lipinski definition) is 13. The zero-order chi connectivity index (χ0) is 66.0. The minimum Gasteiger partial charge on any atom is -0.461 e. The third-order valence-corrected chi connectivity index (χ3v) is 15.8. The maximum atomic E-state index is 14.2. The Balaban J connectivity index is 1.45. The van der Waals surface area contributed by atoms with Gasteiger partial charge >= 0.3 is 35.8 Å². The lowest BCUT2D eigenvalue weighted by Crippen LogP contribution is -2.47. The van der Waals surface area contributed by atoms with Crippen molar-refractivity contribution < 1.29 is 61.9 Å². The fourth-order valence-electron chi connectivity index (χ4n) is 9.43. The number of carbonyl (C=O) groups excluding carboxylic acids is 6. The molecule has 0 radical (unpaired) electrons. The van der Waals surface area contributed by atoms with Crippen molar-refractivity contribution in [2.45, 2.75) is 157 Å². The quantitative estimate of drug-likeness (QED) is 0.0466. The summed E-state index contributed by atoms with van der Waals surface area (Å²) in [6, 6.07) is 42.2. The van der Waals surface area contributed by atoms with Gasteiger partial charge in [-0.05, 0) is 139 Å². The Morgan fingerprint density at radius 1 is 0.213 bits per heavy atom. The summed E-state index contributed by atoms with van der Waals surface area (Å²) in [5.41, 5.74) is 2.75. The number of ether oxygens (including phenoxy) is 7. The Labute approximate surface area is 528 Å². The van der Waals surface area contributed by atoms with E-state index in [0.717, 1.165) is 33.4 Å². The molecule has 13 heteroatoms. The summed E-state index contributed by atoms with van der Waals surface area (Å²) in [7, 11) is 0. The number of hydrogen-bond donors (Lipinski definition) is 0. The van der Waals surface area contributed by atoms with Crippen molar-refractivity contribution in [1.82, 2.24) is 0 Å². The average Bonchev–Trinajstić information content (AvgIpc) is 3.16. The predicted octanol–water partition coefficient (Wildman–Crippen LogP) is 15.9. The van der Waals surface area contributed by atoms with Crippen molar-refractivity contribution in [3.8, 4) is 0 Å². The van der Waals surface area contributed by atoms with E-state index in [9.17, 15) is 28.8 Å². The lowest BCUT2D eigenvalue weighted by Gasteiger charge is -2.35. The topological polar surface area (TPSA) is 167 Å². The van der Waals surface area contributed by atoms with Crippen LogP contribution in [0, 0.1) is 10.8 Å². The van der Waals surface area contributed by atoms with Gasteiger partial charge in [0.25, 0.3) is 0 Å². The van der Waals surface area contributed by atoms with Crippen molar-refractivity contribution in [1.29, 1.82) is 0 Å². The van der Waals surface area contributed by atoms with E-state index in [1.54, 1.807) is 72.8 Å². The Bertz CT molecular complexity index is 2780. The summed E-state index contributed by atoms with van der Waals surface area (Å²) >= 11 is 0. The highest BCUT2D eigenvalue weighted by molar-refractivity contribution is 5.92. The highest BCUT2D eigenvalue weighted by Gasteiger charge is 2.42. The first kappa shape index (κ1) is 70.2. The van der Waals surface area contributed by atoms with Crippen LogP contribution in [0.3, 0.4) is 0 Å². The number of carbonyl (C=O) groups is 6. The van der Waals surface area contributed by atoms with Crippen LogP contribution in [0.2, 0.25) is 0 Å². The smallest absolute Gasteiger partial charge is 0.338 e. The molecule has 6 rings (SSSR count). The van der Waals surface area contributed by atoms with E-state index in [1.165, 1.54) is 0 Å². The molecule has 0 spiro atoms. The van der Waals surface area contributed by atoms with Gasteiger partial charge in [0, 0.05) is 0 Å². The third-order valence-electron chi connectivity index (χ3n) is 15.8. The van der Waals surface area contributed by atoms with E-state index in [1.807, 2.05) is 72.8 Å². The van der Waals surface area contributed by atoms with Crippen LogP contribution in [-0.2, 0) is 65.6 Å². The van der Waals surface area contributed by atoms with Crippen LogP contribution in [0.4, 0.5) is 0 Å². The molecule has 0 fully saturated rings. The molecule has 0 amide bonds. The van der Waals surface area contributed by atoms with Crippen LogP contribution in [0.15, 0.2) is 146 Å². The Morgan fingerprint density at radius 3 is 0.449 bits per heavy atom. The fourth-order valence-corrected chi connectivity index (χ4v) is 9.43. The van der Waals surface area contributed by atoms with Gasteiger partial charge in [-0.25, -0.2) is 28.8 Å². The number of rotatable bonds is 22. The van der Waals surface area contributed by atoms with Crippen molar-refractivity contribution in [3.63, 3.8) is 0 Å². The van der Waals surface area contributed by atoms with Crippen LogP contribution < -0.4 is 0 Å². The molecule has 0 bridgehead atoms. The summed E-state index contributed by atoms with van der Waals surface area (Å²) in [6.45, 7) is 33.0. The van der Waals surface area contributed by atoms with Gasteiger partial charge in [-0.3, -0.25) is 0 Å². The van der Waals surface area contributed by atoms with E-state index in [-0.39, 0.29) is 65.9 Å². The van der Waals surface area contributed by atoms with Gasteiger partial charge in [0.1, 0.15) is 39.6 Å². The number of esters is 6. The Kier molecular flexibility index (Phi) is 22.3. The largest absolute Gasteiger partial charge is 0.461 e. The highest BCUT2D eigenvalue weighted by atomic mass is 16.6. The first-order valence-corrected chi connectivity index (χ1v) is 30.5. The molecular weight excluding hydrogens is 1120 g/mol. The van der Waals surface area contributed by atoms with Crippen molar-refractivity contribution in [2.75, 3.05) is 52.9 Å². The molecule has 0 N–H and O–H groups in total. The molecule has 0 atom stereocenters. The highest BCUT2D eigenvalue weighted by Crippen LogP contribution is 2.32. The minimum absolute atomic E-state index is 0.208. The van der Waals surface area contributed by atoms with E-state index in [2.05, 4.69) is 125 Å². The molecule has 0 saturated heterocycles. The SMILES string of the molecule is CC(C)(C)c1ccc(C(=O)OCC(COCC(COC(=O)c2ccc(C(C)(C)C)cc2)(COC(=O)c2ccc(C(C)(C)C)cc2)COC(=O)c2ccc(C(C)(C)C)cc2)(COC(=O)c2ccc(C(C)(C)C)cc2)COC(=O)c2ccc(C(C)(C)C)cc2)cc1. The second-order valence-corrected chi connectivity index (χ2v) is 29.9. The van der Waals surface area contributed by atoms with Gasteiger partial charge in [0.05, 0.1) is 57.4 Å². The maximum absolute atomic E-state index is 14.2. The van der Waals surface area contributed by atoms with Crippen molar-refractivity contribution >= 4 is 35.8 Å². The third kappa shape index (κ3) is 20.1. The molecule has 6 aromatic rings. The standard InChI is InChI=1S/C76H94O13/c1-69(2,3)57-31-19-51(20-32-57)63(77)84-45-75(46-85-64(78)52-21-33-58(34-22-52)70(4,5)6,47-86-65(79)53-23-35-59(36-24-53)71(7,8)9)43-83-44-76(48-87-66(80)54-25-37-60(38-26-54)72(10,11)12,49-88-67(81)55-27-39-61(40-28-55)73(13,14)15)50-89-68(82)56-29-41-62(42-30-56)74(16,17)18/h19-42H,43-50H2,1-18H3. The molecule has 0 aliphatic carbocycles. The Morgan fingerprint density at radius 2 is 0.337 bits per heavy atom. The molecule has 0 saturated carbocycles. The summed E-state index contributed by atoms with van der Waals surface area (Å²) in [5, 5.41) is 0. The summed E-state index contributed by atoms with van der Waals surface area (Å²) < 4.78 is 43.6. The molecule has 6 aromatic carbocycles. The number of benzene rings is 6. The maximum Gasteiger partial charge on any atom is 0.338 e. The summed E-state index contributed by atoms with van der Waals surface area (Å²) in [5.74, 6) is -4.31. The van der Waals surface area contributed by atoms with Crippen LogP contribution >= 0.6 is 0 Å². The molecule has 0 aliphatic heterocycles. The van der Waals surface area contributed by atoms with Gasteiger partial charge in [-0.15, -0.1) is 0 Å². The molecule has 0 unspecified atom stereocenters. The normalized spacial score (nSPS) is 12.6. The van der Waals surface area contributed by atoms with Crippen LogP contribution in [0.1, 0.15) is 220 Å². The van der Waals surface area contributed by atoms with Gasteiger partial charge in [0.15, 0.2) is 0 Å². The van der Waals surface area contributed by atoms with Gasteiger partial charge in [-0.2, -0.15) is 0 Å². The monoisotopic (exact) mass is 1210 g/mol. The average molecular weight is 1220 g/mol. The molecule has 0 heterocycles. The summed E-state index contributed by atoms with van der Waals surface area (Å²) in [4.78, 5) is 85.2. The van der Waals surface area contributed by atoms with Crippen molar-refractivity contribution in [2.24, 2.45) is 10.8 Å². The van der Waals surface area contributed by atoms with Crippen molar-refractivity contribution in [3.05, 3.63) is 212 Å². The lowest BCUT2D eigenvalue weighted by molar-refractivity contribution is -0.112. The zero-order valence-electron chi connectivity index (χ0n) is 55.8. The molecule has 0 aromatic heterocycles. The van der Waals surface area contributed by atoms with E-state index in [4.69, 9.17) is 33.2 Å². The van der Waals surface area contributed by atoms with E-state index >= 15 is 0 Å². The Hall–Kier alpha value is -7.90. The van der Waals surface area contributed by atoms with Gasteiger partial charge in [-0.1, -0.05) is 197 Å². The molecule has 476 valence electrons. The van der Waals surface area contributed by atoms with Crippen LogP contribution in [0.5, 0.6) is 0 Å². The van der Waals surface area contributed by atoms with Crippen LogP contribution in [0.25, 0.3) is 0 Å².